The lowest BCUT2D eigenvalue weighted by atomic mass is 9.83. The first-order chi connectivity index (χ1) is 9.33. The Labute approximate surface area is 129 Å². The minimum absolute atomic E-state index is 0.0786. The predicted octanol–water partition coefficient (Wildman–Crippen LogP) is 2.60. The summed E-state index contributed by atoms with van der Waals surface area (Å²) in [6.07, 6.45) is 0.735. The van der Waals surface area contributed by atoms with E-state index < -0.39 is 11.0 Å². The van der Waals surface area contributed by atoms with E-state index in [4.69, 9.17) is 11.6 Å². The molecule has 3 nitrogen and oxygen atoms in total. The first kappa shape index (κ1) is 15.7. The molecule has 1 heterocycles. The molecular formula is C15H20ClNO2S. The molecular weight excluding hydrogens is 294 g/mol. The van der Waals surface area contributed by atoms with Crippen LogP contribution in [0.5, 0.6) is 0 Å². The molecule has 0 aliphatic carbocycles. The molecule has 1 aromatic rings. The first-order valence-corrected chi connectivity index (χ1v) is 8.21. The maximum atomic E-state index is 12.4. The maximum absolute atomic E-state index is 12.4. The molecule has 1 atom stereocenters. The number of thioether (sulfide) groups is 1. The van der Waals surface area contributed by atoms with Gasteiger partial charge in [0.15, 0.2) is 0 Å². The highest BCUT2D eigenvalue weighted by atomic mass is 35.5. The molecule has 1 amide bonds. The van der Waals surface area contributed by atoms with Crippen molar-refractivity contribution in [3.05, 3.63) is 34.9 Å². The Morgan fingerprint density at radius 1 is 1.45 bits per heavy atom. The average molecular weight is 314 g/mol. The number of benzene rings is 1. The molecule has 5 heteroatoms. The molecule has 1 aromatic carbocycles. The van der Waals surface area contributed by atoms with Crippen molar-refractivity contribution in [2.45, 2.75) is 31.3 Å². The number of hydrogen-bond donors (Lipinski definition) is 2. The standard InChI is InChI=1S/C15H20ClNO2S/c1-14(2,11-3-5-12(16)6-4-11)13(18)17-9-15(19)7-8-20-10-15/h3-6,19H,7-10H2,1-2H3,(H,17,18). The molecule has 2 rings (SSSR count). The Morgan fingerprint density at radius 3 is 2.65 bits per heavy atom. The molecule has 110 valence electrons. The van der Waals surface area contributed by atoms with Crippen LogP contribution in [0.15, 0.2) is 24.3 Å². The fourth-order valence-electron chi connectivity index (χ4n) is 2.20. The van der Waals surface area contributed by atoms with Crippen molar-refractivity contribution in [2.24, 2.45) is 0 Å². The van der Waals surface area contributed by atoms with Crippen LogP contribution in [0.2, 0.25) is 5.02 Å². The van der Waals surface area contributed by atoms with Crippen molar-refractivity contribution in [1.29, 1.82) is 0 Å². The highest BCUT2D eigenvalue weighted by molar-refractivity contribution is 7.99. The van der Waals surface area contributed by atoms with Gasteiger partial charge in [-0.15, -0.1) is 0 Å². The zero-order valence-corrected chi connectivity index (χ0v) is 13.4. The smallest absolute Gasteiger partial charge is 0.230 e. The summed E-state index contributed by atoms with van der Waals surface area (Å²) in [6, 6.07) is 7.30. The summed E-state index contributed by atoms with van der Waals surface area (Å²) in [7, 11) is 0. The zero-order chi connectivity index (χ0) is 14.8. The second kappa shape index (κ2) is 5.96. The van der Waals surface area contributed by atoms with Crippen LogP contribution in [0.3, 0.4) is 0 Å². The van der Waals surface area contributed by atoms with Gasteiger partial charge in [0, 0.05) is 17.3 Å². The monoisotopic (exact) mass is 313 g/mol. The minimum Gasteiger partial charge on any atom is -0.387 e. The van der Waals surface area contributed by atoms with Crippen LogP contribution in [0.1, 0.15) is 25.8 Å². The van der Waals surface area contributed by atoms with Crippen molar-refractivity contribution in [2.75, 3.05) is 18.1 Å². The van der Waals surface area contributed by atoms with Crippen LogP contribution in [0.4, 0.5) is 0 Å². The molecule has 1 fully saturated rings. The van der Waals surface area contributed by atoms with E-state index in [1.165, 1.54) is 0 Å². The largest absolute Gasteiger partial charge is 0.387 e. The van der Waals surface area contributed by atoms with Crippen LogP contribution in [-0.2, 0) is 10.2 Å². The Balaban J connectivity index is 2.01. The molecule has 0 spiro atoms. The Morgan fingerprint density at radius 2 is 2.10 bits per heavy atom. The van der Waals surface area contributed by atoms with E-state index in [1.54, 1.807) is 23.9 Å². The van der Waals surface area contributed by atoms with E-state index in [2.05, 4.69) is 5.32 Å². The van der Waals surface area contributed by atoms with Crippen LogP contribution in [-0.4, -0.2) is 34.7 Å². The van der Waals surface area contributed by atoms with Gasteiger partial charge in [-0.2, -0.15) is 11.8 Å². The van der Waals surface area contributed by atoms with Gasteiger partial charge >= 0.3 is 0 Å². The summed E-state index contributed by atoms with van der Waals surface area (Å²) in [5.41, 5.74) is -0.490. The molecule has 1 aliphatic rings. The highest BCUT2D eigenvalue weighted by Crippen LogP contribution is 2.28. The summed E-state index contributed by atoms with van der Waals surface area (Å²) < 4.78 is 0. The Hall–Kier alpha value is -0.710. The number of carbonyl (C=O) groups excluding carboxylic acids is 1. The Bertz CT molecular complexity index is 481. The molecule has 20 heavy (non-hydrogen) atoms. The molecule has 0 bridgehead atoms. The molecule has 1 saturated heterocycles. The summed E-state index contributed by atoms with van der Waals surface area (Å²) in [5, 5.41) is 13.8. The molecule has 0 radical (unpaired) electrons. The van der Waals surface area contributed by atoms with E-state index in [-0.39, 0.29) is 5.91 Å². The average Bonchev–Trinajstić information content (AvgIpc) is 2.84. The van der Waals surface area contributed by atoms with Crippen molar-refractivity contribution in [3.63, 3.8) is 0 Å². The number of rotatable bonds is 4. The summed E-state index contributed by atoms with van der Waals surface area (Å²) in [4.78, 5) is 12.4. The van der Waals surface area contributed by atoms with E-state index in [0.717, 1.165) is 17.7 Å². The first-order valence-electron chi connectivity index (χ1n) is 6.68. The minimum atomic E-state index is -0.754. The summed E-state index contributed by atoms with van der Waals surface area (Å²) in [6.45, 7) is 4.06. The fraction of sp³-hybridized carbons (Fsp3) is 0.533. The predicted molar refractivity (Wildman–Crippen MR) is 84.4 cm³/mol. The third-order valence-electron chi connectivity index (χ3n) is 3.79. The van der Waals surface area contributed by atoms with E-state index in [9.17, 15) is 9.90 Å². The van der Waals surface area contributed by atoms with Crippen molar-refractivity contribution >= 4 is 29.3 Å². The lowest BCUT2D eigenvalue weighted by Crippen LogP contribution is -2.48. The zero-order valence-electron chi connectivity index (χ0n) is 11.8. The van der Waals surface area contributed by atoms with Gasteiger partial charge in [-0.05, 0) is 43.7 Å². The lowest BCUT2D eigenvalue weighted by molar-refractivity contribution is -0.126. The normalized spacial score (nSPS) is 22.8. The van der Waals surface area contributed by atoms with Crippen molar-refractivity contribution < 1.29 is 9.90 Å². The van der Waals surface area contributed by atoms with Crippen LogP contribution in [0.25, 0.3) is 0 Å². The molecule has 1 aliphatic heterocycles. The van der Waals surface area contributed by atoms with Gasteiger partial charge in [-0.3, -0.25) is 4.79 Å². The van der Waals surface area contributed by atoms with Crippen LogP contribution in [0, 0.1) is 0 Å². The second-order valence-electron chi connectivity index (χ2n) is 5.84. The van der Waals surface area contributed by atoms with Gasteiger partial charge in [0.1, 0.15) is 0 Å². The van der Waals surface area contributed by atoms with E-state index >= 15 is 0 Å². The number of nitrogens with one attached hydrogen (secondary N) is 1. The van der Waals surface area contributed by atoms with Gasteiger partial charge in [0.2, 0.25) is 5.91 Å². The summed E-state index contributed by atoms with van der Waals surface area (Å²) >= 11 is 7.59. The second-order valence-corrected chi connectivity index (χ2v) is 7.38. The number of hydrogen-bond acceptors (Lipinski definition) is 3. The summed E-state index contributed by atoms with van der Waals surface area (Å²) in [5.74, 6) is 1.56. The van der Waals surface area contributed by atoms with Gasteiger partial charge in [-0.25, -0.2) is 0 Å². The van der Waals surface area contributed by atoms with E-state index in [1.807, 2.05) is 26.0 Å². The quantitative estimate of drug-likeness (QED) is 0.898. The van der Waals surface area contributed by atoms with Gasteiger partial charge in [0.25, 0.3) is 0 Å². The van der Waals surface area contributed by atoms with Crippen LogP contribution < -0.4 is 5.32 Å². The van der Waals surface area contributed by atoms with Crippen molar-refractivity contribution in [3.8, 4) is 0 Å². The van der Waals surface area contributed by atoms with E-state index in [0.29, 0.717) is 17.3 Å². The molecule has 0 saturated carbocycles. The Kier molecular flexibility index (Phi) is 4.67. The van der Waals surface area contributed by atoms with Gasteiger partial charge in [-0.1, -0.05) is 23.7 Å². The molecule has 2 N–H and O–H groups in total. The maximum Gasteiger partial charge on any atom is 0.230 e. The third kappa shape index (κ3) is 3.48. The number of carbonyl (C=O) groups is 1. The fourth-order valence-corrected chi connectivity index (χ4v) is 3.62. The SMILES string of the molecule is CC(C)(C(=O)NCC1(O)CCSC1)c1ccc(Cl)cc1. The molecule has 0 aromatic heterocycles. The number of halogens is 1. The molecule has 1 unspecified atom stereocenters. The third-order valence-corrected chi connectivity index (χ3v) is 5.28. The van der Waals surface area contributed by atoms with Gasteiger partial charge < -0.3 is 10.4 Å². The van der Waals surface area contributed by atoms with Gasteiger partial charge in [0.05, 0.1) is 11.0 Å². The number of amides is 1. The lowest BCUT2D eigenvalue weighted by Gasteiger charge is -2.28. The van der Waals surface area contributed by atoms with Crippen molar-refractivity contribution in [1.82, 2.24) is 5.32 Å². The number of aliphatic hydroxyl groups is 1. The van der Waals surface area contributed by atoms with Crippen LogP contribution >= 0.6 is 23.4 Å². The topological polar surface area (TPSA) is 49.3 Å². The highest BCUT2D eigenvalue weighted by Gasteiger charge is 2.35.